The molecule has 0 bridgehead atoms. The lowest BCUT2D eigenvalue weighted by atomic mass is 10.0. The highest BCUT2D eigenvalue weighted by atomic mass is 35.5. The van der Waals surface area contributed by atoms with Gasteiger partial charge >= 0.3 is 12.8 Å². The number of hydrogen-bond acceptors (Lipinski definition) is 4. The second-order valence-electron chi connectivity index (χ2n) is 6.44. The number of fused-ring (bicyclic) bond motifs is 3. The van der Waals surface area contributed by atoms with Gasteiger partial charge in [-0.1, -0.05) is 23.2 Å². The smallest absolute Gasteiger partial charge is 0.416 e. The van der Waals surface area contributed by atoms with Crippen molar-refractivity contribution < 1.29 is 35.9 Å². The topological polar surface area (TPSA) is 64.4 Å². The van der Waals surface area contributed by atoms with Gasteiger partial charge in [0.05, 0.1) is 26.9 Å². The van der Waals surface area contributed by atoms with Gasteiger partial charge in [0.15, 0.2) is 11.3 Å². The number of anilines is 1. The van der Waals surface area contributed by atoms with Crippen molar-refractivity contribution in [1.82, 2.24) is 4.98 Å². The van der Waals surface area contributed by atoms with Crippen LogP contribution < -0.4 is 10.1 Å². The summed E-state index contributed by atoms with van der Waals surface area (Å²) < 4.78 is 75.3. The summed E-state index contributed by atoms with van der Waals surface area (Å²) in [6.45, 7) is -3.23. The number of hydrogen-bond donors (Lipinski definition) is 1. The molecule has 0 aliphatic rings. The van der Waals surface area contributed by atoms with Crippen molar-refractivity contribution >= 4 is 56.7 Å². The molecule has 0 saturated heterocycles. The number of furan rings is 1. The molecule has 2 heterocycles. The summed E-state index contributed by atoms with van der Waals surface area (Å²) in [6, 6.07) is 4.73. The number of carbonyl (C=O) groups excluding carboxylic acids is 1. The summed E-state index contributed by atoms with van der Waals surface area (Å²) in [5.74, 6) is -1.27. The van der Waals surface area contributed by atoms with Gasteiger partial charge in [-0.15, -0.1) is 0 Å². The highest BCUT2D eigenvalue weighted by Gasteiger charge is 2.32. The molecule has 0 fully saturated rings. The fourth-order valence-electron chi connectivity index (χ4n) is 3.12. The van der Waals surface area contributed by atoms with E-state index in [2.05, 4.69) is 15.0 Å². The van der Waals surface area contributed by atoms with E-state index < -0.39 is 30.0 Å². The maximum atomic E-state index is 13.2. The number of amides is 1. The molecule has 1 amide bonds. The number of benzene rings is 2. The minimum absolute atomic E-state index is 0.0103. The largest absolute Gasteiger partial charge is 0.452 e. The maximum absolute atomic E-state index is 13.2. The molecule has 0 spiro atoms. The van der Waals surface area contributed by atoms with Gasteiger partial charge in [0, 0.05) is 23.2 Å². The van der Waals surface area contributed by atoms with Crippen LogP contribution in [0.5, 0.6) is 5.75 Å². The summed E-state index contributed by atoms with van der Waals surface area (Å²) in [5.41, 5.74) is -1.56. The fraction of sp³-hybridized carbons (Fsp3) is 0.100. The monoisotopic (exact) mass is 490 g/mol. The Labute approximate surface area is 185 Å². The summed E-state index contributed by atoms with van der Waals surface area (Å²) in [4.78, 5) is 16.7. The normalized spacial score (nSPS) is 12.0. The van der Waals surface area contributed by atoms with Gasteiger partial charge in [0.2, 0.25) is 0 Å². The molecule has 4 rings (SSSR count). The molecule has 2 aromatic heterocycles. The Balaban J connectivity index is 1.94. The van der Waals surface area contributed by atoms with E-state index in [9.17, 15) is 26.7 Å². The minimum Gasteiger partial charge on any atom is -0.452 e. The summed E-state index contributed by atoms with van der Waals surface area (Å²) in [7, 11) is 0. The number of nitrogens with one attached hydrogen (secondary N) is 1. The second-order valence-corrected chi connectivity index (χ2v) is 7.25. The highest BCUT2D eigenvalue weighted by molar-refractivity contribution is 6.40. The molecule has 1 N–H and O–H groups in total. The number of nitrogens with zero attached hydrogens (tertiary/aromatic N) is 1. The predicted octanol–water partition coefficient (Wildman–Crippen LogP) is 7.16. The lowest BCUT2D eigenvalue weighted by molar-refractivity contribution is -0.137. The van der Waals surface area contributed by atoms with Gasteiger partial charge in [0.25, 0.3) is 5.91 Å². The molecule has 0 saturated carbocycles. The van der Waals surface area contributed by atoms with E-state index in [1.54, 1.807) is 0 Å². The highest BCUT2D eigenvalue weighted by Crippen LogP contribution is 2.41. The average Bonchev–Trinajstić information content (AvgIpc) is 3.09. The van der Waals surface area contributed by atoms with Gasteiger partial charge in [-0.25, -0.2) is 0 Å². The van der Waals surface area contributed by atoms with Crippen LogP contribution in [0.4, 0.5) is 27.6 Å². The third kappa shape index (κ3) is 4.03. The molecule has 0 atom stereocenters. The number of carbonyl (C=O) groups is 1. The quantitative estimate of drug-likeness (QED) is 0.308. The molecular weight excluding hydrogens is 482 g/mol. The van der Waals surface area contributed by atoms with Crippen molar-refractivity contribution in [1.29, 1.82) is 0 Å². The van der Waals surface area contributed by atoms with Crippen molar-refractivity contribution in [2.75, 3.05) is 5.32 Å². The lowest BCUT2D eigenvalue weighted by Crippen LogP contribution is -2.13. The van der Waals surface area contributed by atoms with Crippen molar-refractivity contribution in [3.05, 3.63) is 63.9 Å². The Bertz CT molecular complexity index is 1330. The van der Waals surface area contributed by atoms with E-state index in [4.69, 9.17) is 27.6 Å². The first-order valence-electron chi connectivity index (χ1n) is 8.68. The standard InChI is InChI=1S/C20H9Cl2F5N2O3/c21-11-6-28-7-12(22)16(11)29-18(30)9-2-4-14(32-19(23)24)17-15(9)10-5-8(20(25,26)27)1-3-13(10)31-17/h1-7,19H,(H,28,29,30). The molecular formula is C20H9Cl2F5N2O3. The number of alkyl halides is 5. The van der Waals surface area contributed by atoms with Crippen molar-refractivity contribution in [2.24, 2.45) is 0 Å². The molecule has 166 valence electrons. The van der Waals surface area contributed by atoms with E-state index >= 15 is 0 Å². The predicted molar refractivity (Wildman–Crippen MR) is 108 cm³/mol. The number of rotatable bonds is 4. The van der Waals surface area contributed by atoms with Crippen LogP contribution in [0, 0.1) is 0 Å². The van der Waals surface area contributed by atoms with Gasteiger partial charge in [-0.2, -0.15) is 22.0 Å². The van der Waals surface area contributed by atoms with Crippen LogP contribution >= 0.6 is 23.2 Å². The van der Waals surface area contributed by atoms with Crippen molar-refractivity contribution in [3.63, 3.8) is 0 Å². The number of halogens is 7. The third-order valence-electron chi connectivity index (χ3n) is 4.46. The molecule has 32 heavy (non-hydrogen) atoms. The molecule has 4 aromatic rings. The molecule has 2 aromatic carbocycles. The first-order chi connectivity index (χ1) is 15.1. The van der Waals surface area contributed by atoms with Gasteiger partial charge in [0.1, 0.15) is 5.58 Å². The maximum Gasteiger partial charge on any atom is 0.416 e. The summed E-state index contributed by atoms with van der Waals surface area (Å²) in [6.07, 6.45) is -2.24. The molecule has 0 aliphatic carbocycles. The average molecular weight is 491 g/mol. The summed E-state index contributed by atoms with van der Waals surface area (Å²) in [5, 5.41) is 2.20. The van der Waals surface area contributed by atoms with Crippen LogP contribution in [0.15, 0.2) is 47.1 Å². The lowest BCUT2D eigenvalue weighted by Gasteiger charge is -2.11. The molecule has 0 unspecified atom stereocenters. The van der Waals surface area contributed by atoms with Crippen LogP contribution in [-0.2, 0) is 6.18 Å². The number of pyridine rings is 1. The van der Waals surface area contributed by atoms with E-state index in [0.29, 0.717) is 0 Å². The third-order valence-corrected chi connectivity index (χ3v) is 5.04. The van der Waals surface area contributed by atoms with Crippen LogP contribution in [-0.4, -0.2) is 17.5 Å². The fourth-order valence-corrected chi connectivity index (χ4v) is 3.58. The Hall–Kier alpha value is -3.11. The molecule has 12 heteroatoms. The van der Waals surface area contributed by atoms with Gasteiger partial charge in [-0.3, -0.25) is 9.78 Å². The second kappa shape index (κ2) is 8.10. The molecule has 0 radical (unpaired) electrons. The first-order valence-corrected chi connectivity index (χ1v) is 9.43. The summed E-state index contributed by atoms with van der Waals surface area (Å²) >= 11 is 12.0. The van der Waals surface area contributed by atoms with E-state index in [1.165, 1.54) is 12.4 Å². The number of aromatic nitrogens is 1. The van der Waals surface area contributed by atoms with E-state index in [1.807, 2.05) is 0 Å². The van der Waals surface area contributed by atoms with Crippen molar-refractivity contribution in [3.8, 4) is 5.75 Å². The number of ether oxygens (including phenoxy) is 1. The minimum atomic E-state index is -4.69. The Morgan fingerprint density at radius 1 is 1.09 bits per heavy atom. The van der Waals surface area contributed by atoms with Crippen LogP contribution in [0.25, 0.3) is 21.9 Å². The zero-order chi connectivity index (χ0) is 23.2. The molecule has 5 nitrogen and oxygen atoms in total. The Kier molecular flexibility index (Phi) is 5.59. The van der Waals surface area contributed by atoms with Gasteiger partial charge in [-0.05, 0) is 30.3 Å². The van der Waals surface area contributed by atoms with Crippen LogP contribution in [0.2, 0.25) is 10.0 Å². The van der Waals surface area contributed by atoms with E-state index in [0.717, 1.165) is 30.3 Å². The molecule has 0 aliphatic heterocycles. The Morgan fingerprint density at radius 2 is 1.78 bits per heavy atom. The zero-order valence-electron chi connectivity index (χ0n) is 15.4. The van der Waals surface area contributed by atoms with Gasteiger partial charge < -0.3 is 14.5 Å². The van der Waals surface area contributed by atoms with Crippen molar-refractivity contribution in [2.45, 2.75) is 12.8 Å². The van der Waals surface area contributed by atoms with Crippen LogP contribution in [0.1, 0.15) is 15.9 Å². The SMILES string of the molecule is O=C(Nc1c(Cl)cncc1Cl)c1ccc(OC(F)F)c2oc3ccc(C(F)(F)F)cc3c12. The Morgan fingerprint density at radius 3 is 2.41 bits per heavy atom. The van der Waals surface area contributed by atoms with E-state index in [-0.39, 0.29) is 43.2 Å². The zero-order valence-corrected chi connectivity index (χ0v) is 16.9. The van der Waals surface area contributed by atoms with Crippen LogP contribution in [0.3, 0.4) is 0 Å². The first kappa shape index (κ1) is 22.1.